The summed E-state index contributed by atoms with van der Waals surface area (Å²) in [5.41, 5.74) is 0.662. The van der Waals surface area contributed by atoms with Crippen LogP contribution in [0, 0.1) is 10.1 Å². The van der Waals surface area contributed by atoms with Crippen LogP contribution in [0.5, 0.6) is 0 Å². The Kier molecular flexibility index (Phi) is 6.15. The molecular weight excluding hydrogens is 209 g/mol. The summed E-state index contributed by atoms with van der Waals surface area (Å²) in [6.45, 7) is 0. The first-order chi connectivity index (χ1) is 6.59. The third-order valence-electron chi connectivity index (χ3n) is 1.75. The van der Waals surface area contributed by atoms with Crippen LogP contribution in [0.25, 0.3) is 0 Å². The second kappa shape index (κ2) is 6.55. The van der Waals surface area contributed by atoms with Gasteiger partial charge in [-0.2, -0.15) is 0 Å². The Bertz CT molecular complexity index is 367. The Morgan fingerprint density at radius 1 is 1.47 bits per heavy atom. The Labute approximate surface area is 109 Å². The van der Waals surface area contributed by atoms with Crippen molar-refractivity contribution in [2.24, 2.45) is 0 Å². The van der Waals surface area contributed by atoms with Crippen molar-refractivity contribution in [2.45, 2.75) is 12.8 Å². The monoisotopic (exact) mass is 219 g/mol. The number of nitro benzene ring substituents is 1. The van der Waals surface area contributed by atoms with E-state index in [4.69, 9.17) is 5.11 Å². The first-order valence-corrected chi connectivity index (χ1v) is 4.04. The predicted octanol–water partition coefficient (Wildman–Crippen LogP) is 0.964. The fourth-order valence-corrected chi connectivity index (χ4v) is 1.08. The van der Waals surface area contributed by atoms with Gasteiger partial charge in [-0.05, 0) is 12.0 Å². The molecule has 76 valence electrons. The van der Waals surface area contributed by atoms with Crippen molar-refractivity contribution in [3.05, 3.63) is 39.9 Å². The van der Waals surface area contributed by atoms with Crippen LogP contribution in [-0.2, 0) is 11.2 Å². The van der Waals surface area contributed by atoms with E-state index in [1.807, 2.05) is 0 Å². The summed E-state index contributed by atoms with van der Waals surface area (Å²) >= 11 is 0. The van der Waals surface area contributed by atoms with Gasteiger partial charge in [0.25, 0.3) is 5.69 Å². The minimum absolute atomic E-state index is 0. The van der Waals surface area contributed by atoms with Crippen molar-refractivity contribution in [3.8, 4) is 0 Å². The molecule has 0 saturated carbocycles. The summed E-state index contributed by atoms with van der Waals surface area (Å²) in [7, 11) is 0. The van der Waals surface area contributed by atoms with E-state index in [1.165, 1.54) is 12.1 Å². The van der Waals surface area contributed by atoms with Crippen molar-refractivity contribution in [3.63, 3.8) is 0 Å². The van der Waals surface area contributed by atoms with Crippen LogP contribution in [0.1, 0.15) is 12.0 Å². The number of nitrogens with zero attached hydrogens (tertiary/aromatic N) is 1. The summed E-state index contributed by atoms with van der Waals surface area (Å²) in [4.78, 5) is 20.1. The van der Waals surface area contributed by atoms with Crippen molar-refractivity contribution in [2.75, 3.05) is 0 Å². The van der Waals surface area contributed by atoms with E-state index in [9.17, 15) is 14.9 Å². The predicted molar refractivity (Wildman–Crippen MR) is 56.2 cm³/mol. The molecule has 6 heteroatoms. The molecule has 1 aromatic rings. The number of non-ortho nitro benzene ring substituents is 1. The molecule has 0 fully saturated rings. The van der Waals surface area contributed by atoms with Crippen LogP contribution in [0.4, 0.5) is 5.69 Å². The summed E-state index contributed by atoms with van der Waals surface area (Å²) in [6, 6.07) is 6.00. The van der Waals surface area contributed by atoms with Gasteiger partial charge in [0.15, 0.2) is 0 Å². The first kappa shape index (κ1) is 14.1. The van der Waals surface area contributed by atoms with Gasteiger partial charge in [0.2, 0.25) is 0 Å². The van der Waals surface area contributed by atoms with Crippen LogP contribution in [0.2, 0.25) is 0 Å². The number of hydrogen-bond donors (Lipinski definition) is 1. The molecule has 5 nitrogen and oxygen atoms in total. The van der Waals surface area contributed by atoms with Gasteiger partial charge in [-0.3, -0.25) is 14.9 Å². The second-order valence-electron chi connectivity index (χ2n) is 2.82. The second-order valence-corrected chi connectivity index (χ2v) is 2.82. The van der Waals surface area contributed by atoms with Crippen LogP contribution < -0.4 is 0 Å². The number of aryl methyl sites for hydroxylation is 1. The number of benzene rings is 1. The van der Waals surface area contributed by atoms with Crippen molar-refractivity contribution < 1.29 is 14.8 Å². The van der Waals surface area contributed by atoms with Crippen LogP contribution in [0.3, 0.4) is 0 Å². The normalized spacial score (nSPS) is 9.07. The number of hydrogen-bond acceptors (Lipinski definition) is 3. The van der Waals surface area contributed by atoms with E-state index < -0.39 is 10.9 Å². The Morgan fingerprint density at radius 3 is 2.67 bits per heavy atom. The SMILES string of the molecule is O=C(O)CCc1cccc([N+](=O)[O-])c1.[NaH]. The summed E-state index contributed by atoms with van der Waals surface area (Å²) in [6.07, 6.45) is 0.304. The molecular formula is C9H10NNaO4. The molecule has 0 saturated heterocycles. The standard InChI is InChI=1S/C9H9NO4.Na.H/c11-9(12)5-4-7-2-1-3-8(6-7)10(13)14;;/h1-3,6H,4-5H2,(H,11,12);;. The molecule has 1 N–H and O–H groups in total. The van der Waals surface area contributed by atoms with E-state index in [0.717, 1.165) is 0 Å². The van der Waals surface area contributed by atoms with Gasteiger partial charge in [0, 0.05) is 18.6 Å². The molecule has 0 aliphatic carbocycles. The zero-order valence-electron chi connectivity index (χ0n) is 7.34. The summed E-state index contributed by atoms with van der Waals surface area (Å²) in [5, 5.41) is 18.8. The maximum absolute atomic E-state index is 10.4. The topological polar surface area (TPSA) is 80.4 Å². The Balaban J connectivity index is 0.00000196. The number of carboxylic acid groups (broad SMARTS) is 1. The van der Waals surface area contributed by atoms with Gasteiger partial charge in [-0.1, -0.05) is 12.1 Å². The molecule has 0 aliphatic heterocycles. The number of nitro groups is 1. The van der Waals surface area contributed by atoms with Gasteiger partial charge in [-0.15, -0.1) is 0 Å². The molecule has 0 unspecified atom stereocenters. The molecule has 0 atom stereocenters. The van der Waals surface area contributed by atoms with Gasteiger partial charge in [0.1, 0.15) is 0 Å². The Morgan fingerprint density at radius 2 is 2.13 bits per heavy atom. The molecule has 1 rings (SSSR count). The van der Waals surface area contributed by atoms with E-state index in [1.54, 1.807) is 12.1 Å². The van der Waals surface area contributed by atoms with Crippen molar-refractivity contribution >= 4 is 41.2 Å². The molecule has 0 heterocycles. The van der Waals surface area contributed by atoms with Crippen LogP contribution in [-0.4, -0.2) is 45.6 Å². The summed E-state index contributed by atoms with van der Waals surface area (Å²) < 4.78 is 0. The van der Waals surface area contributed by atoms with E-state index in [0.29, 0.717) is 12.0 Å². The van der Waals surface area contributed by atoms with Crippen molar-refractivity contribution in [1.82, 2.24) is 0 Å². The first-order valence-electron chi connectivity index (χ1n) is 4.04. The molecule has 0 spiro atoms. The molecule has 15 heavy (non-hydrogen) atoms. The average Bonchev–Trinajstić information content (AvgIpc) is 2.15. The molecule has 0 radical (unpaired) electrons. The van der Waals surface area contributed by atoms with Gasteiger partial charge < -0.3 is 5.11 Å². The zero-order valence-corrected chi connectivity index (χ0v) is 7.34. The van der Waals surface area contributed by atoms with Gasteiger partial charge in [-0.25, -0.2) is 0 Å². The fraction of sp³-hybridized carbons (Fsp3) is 0.222. The fourth-order valence-electron chi connectivity index (χ4n) is 1.08. The molecule has 0 amide bonds. The number of aliphatic carboxylic acids is 1. The Hall–Kier alpha value is -0.910. The number of carboxylic acids is 1. The number of carbonyl (C=O) groups is 1. The average molecular weight is 219 g/mol. The molecule has 0 bridgehead atoms. The summed E-state index contributed by atoms with van der Waals surface area (Å²) in [5.74, 6) is -0.906. The molecule has 1 aromatic carbocycles. The van der Waals surface area contributed by atoms with E-state index in [2.05, 4.69) is 0 Å². The quantitative estimate of drug-likeness (QED) is 0.464. The van der Waals surface area contributed by atoms with Crippen LogP contribution in [0.15, 0.2) is 24.3 Å². The van der Waals surface area contributed by atoms with Gasteiger partial charge >= 0.3 is 35.5 Å². The third-order valence-corrected chi connectivity index (χ3v) is 1.75. The zero-order chi connectivity index (χ0) is 10.6. The van der Waals surface area contributed by atoms with Crippen molar-refractivity contribution in [1.29, 1.82) is 0 Å². The number of rotatable bonds is 4. The van der Waals surface area contributed by atoms with E-state index >= 15 is 0 Å². The molecule has 0 aliphatic rings. The van der Waals surface area contributed by atoms with E-state index in [-0.39, 0.29) is 41.7 Å². The molecule has 0 aromatic heterocycles. The van der Waals surface area contributed by atoms with Crippen LogP contribution >= 0.6 is 0 Å². The maximum atomic E-state index is 10.4. The van der Waals surface area contributed by atoms with Gasteiger partial charge in [0.05, 0.1) is 4.92 Å². The third kappa shape index (κ3) is 4.92. The minimum atomic E-state index is -0.906.